The lowest BCUT2D eigenvalue weighted by Crippen LogP contribution is -2.43. The molecule has 0 radical (unpaired) electrons. The zero-order valence-electron chi connectivity index (χ0n) is 22.3. The molecule has 4 aromatic rings. The van der Waals surface area contributed by atoms with Crippen LogP contribution in [0.1, 0.15) is 32.2 Å². The number of carbonyl (C=O) groups excluding carboxylic acids is 4. The third kappa shape index (κ3) is 8.66. The number of hydrogen-bond acceptors (Lipinski definition) is 7. The second kappa shape index (κ2) is 14.6. The smallest absolute Gasteiger partial charge is 0.268 e. The van der Waals surface area contributed by atoms with Crippen molar-refractivity contribution in [2.24, 2.45) is 0 Å². The molecule has 0 saturated heterocycles. The molecular weight excluding hydrogens is 540 g/mol. The summed E-state index contributed by atoms with van der Waals surface area (Å²) < 4.78 is 10.5. The lowest BCUT2D eigenvalue weighted by Gasteiger charge is -2.16. The molecule has 5 N–H and O–H groups in total. The Morgan fingerprint density at radius 1 is 0.619 bits per heavy atom. The zero-order chi connectivity index (χ0) is 29.7. The van der Waals surface area contributed by atoms with E-state index in [0.29, 0.717) is 22.6 Å². The van der Waals surface area contributed by atoms with Gasteiger partial charge in [-0.1, -0.05) is 36.4 Å². The van der Waals surface area contributed by atoms with Gasteiger partial charge in [-0.15, -0.1) is 0 Å². The van der Waals surface area contributed by atoms with Crippen molar-refractivity contribution in [2.45, 2.75) is 6.10 Å². The first-order valence-corrected chi connectivity index (χ1v) is 12.9. The Morgan fingerprint density at radius 3 is 1.38 bits per heavy atom. The van der Waals surface area contributed by atoms with Crippen molar-refractivity contribution in [2.75, 3.05) is 13.1 Å². The molecule has 0 spiro atoms. The Kier molecular flexibility index (Phi) is 10.2. The van der Waals surface area contributed by atoms with Crippen LogP contribution in [0.3, 0.4) is 0 Å². The third-order valence-corrected chi connectivity index (χ3v) is 5.71. The van der Waals surface area contributed by atoms with Gasteiger partial charge in [0.25, 0.3) is 23.6 Å². The highest BCUT2D eigenvalue weighted by atomic mass is 16.3. The van der Waals surface area contributed by atoms with Crippen molar-refractivity contribution in [3.05, 3.63) is 131 Å². The second-order valence-electron chi connectivity index (χ2n) is 8.86. The maximum Gasteiger partial charge on any atom is 0.268 e. The minimum atomic E-state index is -1.21. The molecule has 4 rings (SSSR count). The molecule has 11 nitrogen and oxygen atoms in total. The fourth-order valence-electron chi connectivity index (χ4n) is 3.60. The van der Waals surface area contributed by atoms with Gasteiger partial charge in [0.1, 0.15) is 22.9 Å². The van der Waals surface area contributed by atoms with Gasteiger partial charge in [-0.2, -0.15) is 0 Å². The van der Waals surface area contributed by atoms with E-state index in [4.69, 9.17) is 8.83 Å². The van der Waals surface area contributed by atoms with Crippen LogP contribution in [-0.2, 0) is 9.59 Å². The lowest BCUT2D eigenvalue weighted by atomic mass is 10.2. The van der Waals surface area contributed by atoms with Gasteiger partial charge in [0.2, 0.25) is 0 Å². The van der Waals surface area contributed by atoms with Crippen molar-refractivity contribution < 1.29 is 33.1 Å². The Hall–Kier alpha value is -5.68. The molecule has 42 heavy (non-hydrogen) atoms. The average Bonchev–Trinajstić information content (AvgIpc) is 3.73. The van der Waals surface area contributed by atoms with Crippen molar-refractivity contribution in [3.8, 4) is 0 Å². The lowest BCUT2D eigenvalue weighted by molar-refractivity contribution is -0.118. The van der Waals surface area contributed by atoms with Gasteiger partial charge in [-0.25, -0.2) is 0 Å². The molecule has 0 aliphatic rings. The van der Waals surface area contributed by atoms with Gasteiger partial charge >= 0.3 is 0 Å². The SMILES string of the molecule is O=C(NCC(O)CNC(=O)C(=Cc1ccco1)NC(=O)c1ccccc1)C(=Cc1ccco1)NC(=O)c1ccccc1. The monoisotopic (exact) mass is 568 g/mol. The van der Waals surface area contributed by atoms with E-state index in [2.05, 4.69) is 21.3 Å². The van der Waals surface area contributed by atoms with Crippen molar-refractivity contribution in [1.82, 2.24) is 21.3 Å². The van der Waals surface area contributed by atoms with Crippen LogP contribution in [0.25, 0.3) is 12.2 Å². The van der Waals surface area contributed by atoms with Crippen molar-refractivity contribution in [1.29, 1.82) is 0 Å². The van der Waals surface area contributed by atoms with Crippen LogP contribution >= 0.6 is 0 Å². The zero-order valence-corrected chi connectivity index (χ0v) is 22.3. The predicted molar refractivity (Wildman–Crippen MR) is 153 cm³/mol. The highest BCUT2D eigenvalue weighted by Crippen LogP contribution is 2.09. The molecule has 2 aromatic heterocycles. The first-order valence-electron chi connectivity index (χ1n) is 12.9. The van der Waals surface area contributed by atoms with Crippen LogP contribution in [0.2, 0.25) is 0 Å². The number of aliphatic hydroxyl groups is 1. The van der Waals surface area contributed by atoms with E-state index in [9.17, 15) is 24.3 Å². The highest BCUT2D eigenvalue weighted by molar-refractivity contribution is 6.06. The number of rotatable bonds is 12. The van der Waals surface area contributed by atoms with Crippen LogP contribution in [0.15, 0.2) is 118 Å². The summed E-state index contributed by atoms with van der Waals surface area (Å²) in [7, 11) is 0. The summed E-state index contributed by atoms with van der Waals surface area (Å²) in [6.07, 6.45) is 4.34. The summed E-state index contributed by atoms with van der Waals surface area (Å²) in [5.41, 5.74) is 0.469. The molecule has 0 atom stereocenters. The summed E-state index contributed by atoms with van der Waals surface area (Å²) in [6.45, 7) is -0.521. The second-order valence-corrected chi connectivity index (χ2v) is 8.86. The minimum Gasteiger partial charge on any atom is -0.465 e. The Morgan fingerprint density at radius 2 is 1.02 bits per heavy atom. The number of benzene rings is 2. The Balaban J connectivity index is 1.35. The standard InChI is InChI=1S/C31H28N4O7/c36-23(19-32-30(39)26(17-24-13-7-15-41-24)34-28(37)21-9-3-1-4-10-21)20-33-31(40)27(18-25-14-8-16-42-25)35-29(38)22-11-5-2-6-12-22/h1-18,23,36H,19-20H2,(H,32,39)(H,33,40)(H,34,37)(H,35,38). The molecule has 11 heteroatoms. The molecule has 0 aliphatic carbocycles. The van der Waals surface area contributed by atoms with E-state index in [1.54, 1.807) is 84.9 Å². The van der Waals surface area contributed by atoms with Crippen LogP contribution in [-0.4, -0.2) is 47.9 Å². The number of nitrogens with one attached hydrogen (secondary N) is 4. The maximum atomic E-state index is 12.9. The topological polar surface area (TPSA) is 163 Å². The van der Waals surface area contributed by atoms with E-state index >= 15 is 0 Å². The molecule has 2 heterocycles. The highest BCUT2D eigenvalue weighted by Gasteiger charge is 2.19. The minimum absolute atomic E-state index is 0.109. The van der Waals surface area contributed by atoms with Crippen LogP contribution in [0, 0.1) is 0 Å². The van der Waals surface area contributed by atoms with Crippen LogP contribution in [0.4, 0.5) is 0 Å². The van der Waals surface area contributed by atoms with Gasteiger partial charge in [0.15, 0.2) is 0 Å². The summed E-state index contributed by atoms with van der Waals surface area (Å²) in [5.74, 6) is -1.73. The summed E-state index contributed by atoms with van der Waals surface area (Å²) in [4.78, 5) is 51.1. The number of aliphatic hydroxyl groups excluding tert-OH is 1. The quantitative estimate of drug-likeness (QED) is 0.164. The molecule has 0 aliphatic heterocycles. The Bertz CT molecular complexity index is 1430. The van der Waals surface area contributed by atoms with E-state index in [-0.39, 0.29) is 24.5 Å². The third-order valence-electron chi connectivity index (χ3n) is 5.71. The van der Waals surface area contributed by atoms with Crippen molar-refractivity contribution >= 4 is 35.8 Å². The molecule has 2 aromatic carbocycles. The number of furan rings is 2. The van der Waals surface area contributed by atoms with Gasteiger partial charge in [0.05, 0.1) is 18.6 Å². The Labute approximate surface area is 240 Å². The van der Waals surface area contributed by atoms with E-state index < -0.39 is 29.7 Å². The molecule has 0 fully saturated rings. The largest absolute Gasteiger partial charge is 0.465 e. The number of hydrogen-bond donors (Lipinski definition) is 5. The van der Waals surface area contributed by atoms with Gasteiger partial charge in [-0.3, -0.25) is 19.2 Å². The van der Waals surface area contributed by atoms with Crippen LogP contribution < -0.4 is 21.3 Å². The summed E-state index contributed by atoms with van der Waals surface area (Å²) in [5, 5.41) is 20.6. The van der Waals surface area contributed by atoms with Gasteiger partial charge < -0.3 is 35.2 Å². The molecular formula is C31H28N4O7. The average molecular weight is 569 g/mol. The maximum absolute atomic E-state index is 12.9. The number of amides is 4. The first-order chi connectivity index (χ1) is 20.4. The van der Waals surface area contributed by atoms with E-state index in [0.717, 1.165) is 0 Å². The predicted octanol–water partition coefficient (Wildman–Crippen LogP) is 2.71. The fraction of sp³-hybridized carbons (Fsp3) is 0.0968. The fourth-order valence-corrected chi connectivity index (χ4v) is 3.60. The van der Waals surface area contributed by atoms with Crippen LogP contribution in [0.5, 0.6) is 0 Å². The molecule has 214 valence electrons. The molecule has 0 unspecified atom stereocenters. The van der Waals surface area contributed by atoms with Gasteiger partial charge in [-0.05, 0) is 48.5 Å². The normalized spacial score (nSPS) is 12.2. The van der Waals surface area contributed by atoms with Crippen molar-refractivity contribution in [3.63, 3.8) is 0 Å². The molecule has 0 saturated carbocycles. The number of carbonyl (C=O) groups is 4. The summed E-state index contributed by atoms with van der Waals surface area (Å²) >= 11 is 0. The summed E-state index contributed by atoms with van der Waals surface area (Å²) in [6, 6.07) is 23.2. The van der Waals surface area contributed by atoms with E-state index in [1.165, 1.54) is 24.7 Å². The molecule has 4 amide bonds. The van der Waals surface area contributed by atoms with Gasteiger partial charge in [0, 0.05) is 36.4 Å². The van der Waals surface area contributed by atoms with E-state index in [1.807, 2.05) is 0 Å². The first kappa shape index (κ1) is 29.3. The molecule has 0 bridgehead atoms.